The minimum absolute atomic E-state index is 0.0447. The molecule has 4 rings (SSSR count). The van der Waals surface area contributed by atoms with Crippen molar-refractivity contribution in [3.8, 4) is 16.9 Å². The zero-order valence-electron chi connectivity index (χ0n) is 12.4. The van der Waals surface area contributed by atoms with Gasteiger partial charge in [-0.2, -0.15) is 0 Å². The summed E-state index contributed by atoms with van der Waals surface area (Å²) in [4.78, 5) is 14.4. The first-order valence-electron chi connectivity index (χ1n) is 7.28. The molecule has 0 aromatic heterocycles. The van der Waals surface area contributed by atoms with Crippen LogP contribution >= 0.6 is 0 Å². The Morgan fingerprint density at radius 2 is 1.95 bits per heavy atom. The van der Waals surface area contributed by atoms with Crippen molar-refractivity contribution >= 4 is 11.6 Å². The van der Waals surface area contributed by atoms with Gasteiger partial charge in [-0.1, -0.05) is 30.3 Å². The van der Waals surface area contributed by atoms with Crippen LogP contribution in [0.2, 0.25) is 0 Å². The fraction of sp³-hybridized carbons (Fsp3) is 0.278. The molecule has 21 heavy (non-hydrogen) atoms. The molecule has 106 valence electrons. The van der Waals surface area contributed by atoms with Gasteiger partial charge in [0.2, 0.25) is 0 Å². The van der Waals surface area contributed by atoms with Crippen LogP contribution < -0.4 is 9.64 Å². The molecule has 1 unspecified atom stereocenters. The number of fused-ring (bicyclic) bond motifs is 2. The van der Waals surface area contributed by atoms with Crippen LogP contribution in [0.15, 0.2) is 30.3 Å². The zero-order valence-corrected chi connectivity index (χ0v) is 12.4. The minimum Gasteiger partial charge on any atom is -0.478 e. The van der Waals surface area contributed by atoms with E-state index in [1.165, 1.54) is 16.7 Å². The number of hydrogen-bond donors (Lipinski definition) is 0. The molecule has 2 heterocycles. The summed E-state index contributed by atoms with van der Waals surface area (Å²) in [7, 11) is 0. The summed E-state index contributed by atoms with van der Waals surface area (Å²) in [6.45, 7) is 6.60. The van der Waals surface area contributed by atoms with Crippen LogP contribution in [0, 0.1) is 13.8 Å². The summed E-state index contributed by atoms with van der Waals surface area (Å²) >= 11 is 0. The van der Waals surface area contributed by atoms with Crippen molar-refractivity contribution in [1.29, 1.82) is 0 Å². The summed E-state index contributed by atoms with van der Waals surface area (Å²) in [6, 6.07) is 10.5. The maximum absolute atomic E-state index is 12.5. The first-order valence-corrected chi connectivity index (χ1v) is 7.28. The molecule has 2 aromatic rings. The van der Waals surface area contributed by atoms with Crippen molar-refractivity contribution in [2.45, 2.75) is 33.4 Å². The normalized spacial score (nSPS) is 18.9. The Hall–Kier alpha value is -2.29. The van der Waals surface area contributed by atoms with E-state index in [0.717, 1.165) is 22.6 Å². The molecular formula is C18H17NO2. The fourth-order valence-corrected chi connectivity index (χ4v) is 3.48. The predicted molar refractivity (Wildman–Crippen MR) is 82.6 cm³/mol. The van der Waals surface area contributed by atoms with E-state index in [9.17, 15) is 4.79 Å². The Bertz CT molecular complexity index is 779. The highest BCUT2D eigenvalue weighted by molar-refractivity contribution is 6.06. The van der Waals surface area contributed by atoms with Gasteiger partial charge in [-0.25, -0.2) is 0 Å². The molecule has 3 heteroatoms. The molecule has 1 amide bonds. The van der Waals surface area contributed by atoms with Crippen molar-refractivity contribution in [3.63, 3.8) is 0 Å². The lowest BCUT2D eigenvalue weighted by Crippen LogP contribution is -2.45. The zero-order chi connectivity index (χ0) is 14.7. The quantitative estimate of drug-likeness (QED) is 0.737. The number of ether oxygens (including phenoxy) is 1. The lowest BCUT2D eigenvalue weighted by atomic mass is 9.87. The summed E-state index contributed by atoms with van der Waals surface area (Å²) in [5, 5.41) is 0. The van der Waals surface area contributed by atoms with E-state index in [0.29, 0.717) is 6.54 Å². The number of carbonyl (C=O) groups excluding carboxylic acids is 1. The first kappa shape index (κ1) is 12.5. The predicted octanol–water partition coefficient (Wildman–Crippen LogP) is 3.60. The standard InChI is InChI=1S/C18H17NO2/c1-10-8-11(2)17-16-15(10)14-7-5-4-6-13(14)9-19(16)18(20)12(3)21-17/h4-8,12H,9H2,1-3H3. The van der Waals surface area contributed by atoms with Crippen molar-refractivity contribution in [1.82, 2.24) is 0 Å². The number of carbonyl (C=O) groups is 1. The number of anilines is 1. The summed E-state index contributed by atoms with van der Waals surface area (Å²) in [5.74, 6) is 0.903. The van der Waals surface area contributed by atoms with Gasteiger partial charge in [0.05, 0.1) is 12.2 Å². The van der Waals surface area contributed by atoms with Crippen LogP contribution in [0.25, 0.3) is 11.1 Å². The lowest BCUT2D eigenvalue weighted by molar-refractivity contribution is -0.125. The molecule has 0 saturated heterocycles. The Labute approximate surface area is 124 Å². The minimum atomic E-state index is -0.419. The van der Waals surface area contributed by atoms with Crippen LogP contribution in [-0.2, 0) is 11.3 Å². The number of nitrogens with zero attached hydrogens (tertiary/aromatic N) is 1. The first-order chi connectivity index (χ1) is 10.1. The van der Waals surface area contributed by atoms with Crippen molar-refractivity contribution in [2.75, 3.05) is 4.90 Å². The van der Waals surface area contributed by atoms with Gasteiger partial charge in [-0.15, -0.1) is 0 Å². The lowest BCUT2D eigenvalue weighted by Gasteiger charge is -2.39. The SMILES string of the molecule is Cc1cc(C)c2c3c1OC(C)C(=O)N3Cc1ccccc1-2. The average Bonchev–Trinajstić information content (AvgIpc) is 2.47. The van der Waals surface area contributed by atoms with Gasteiger partial charge in [-0.3, -0.25) is 4.79 Å². The van der Waals surface area contributed by atoms with E-state index >= 15 is 0 Å². The second-order valence-electron chi connectivity index (χ2n) is 5.90. The Morgan fingerprint density at radius 3 is 2.76 bits per heavy atom. The second kappa shape index (κ2) is 4.10. The maximum Gasteiger partial charge on any atom is 0.268 e. The van der Waals surface area contributed by atoms with Gasteiger partial charge >= 0.3 is 0 Å². The van der Waals surface area contributed by atoms with Crippen LogP contribution in [-0.4, -0.2) is 12.0 Å². The van der Waals surface area contributed by atoms with E-state index < -0.39 is 6.10 Å². The highest BCUT2D eigenvalue weighted by Crippen LogP contribution is 2.50. The smallest absolute Gasteiger partial charge is 0.268 e. The van der Waals surface area contributed by atoms with Gasteiger partial charge in [0.1, 0.15) is 5.75 Å². The molecule has 2 aromatic carbocycles. The molecule has 2 aliphatic rings. The molecule has 0 radical (unpaired) electrons. The Kier molecular flexibility index (Phi) is 2.43. The average molecular weight is 279 g/mol. The van der Waals surface area contributed by atoms with E-state index in [4.69, 9.17) is 4.74 Å². The molecule has 0 saturated carbocycles. The van der Waals surface area contributed by atoms with Crippen LogP contribution in [0.3, 0.4) is 0 Å². The van der Waals surface area contributed by atoms with Crippen LogP contribution in [0.1, 0.15) is 23.6 Å². The fourth-order valence-electron chi connectivity index (χ4n) is 3.48. The molecule has 0 fully saturated rings. The molecule has 1 atom stereocenters. The topological polar surface area (TPSA) is 29.5 Å². The number of amides is 1. The summed E-state index contributed by atoms with van der Waals surface area (Å²) in [5.41, 5.74) is 6.79. The number of aryl methyl sites for hydroxylation is 2. The number of hydrogen-bond acceptors (Lipinski definition) is 2. The van der Waals surface area contributed by atoms with E-state index in [2.05, 4.69) is 25.1 Å². The van der Waals surface area contributed by atoms with Crippen molar-refractivity contribution in [3.05, 3.63) is 47.0 Å². The largest absolute Gasteiger partial charge is 0.478 e. The van der Waals surface area contributed by atoms with Crippen molar-refractivity contribution in [2.24, 2.45) is 0 Å². The highest BCUT2D eigenvalue weighted by Gasteiger charge is 2.38. The number of rotatable bonds is 0. The van der Waals surface area contributed by atoms with E-state index in [-0.39, 0.29) is 5.91 Å². The van der Waals surface area contributed by atoms with E-state index in [1.807, 2.05) is 30.9 Å². The highest BCUT2D eigenvalue weighted by atomic mass is 16.5. The molecular weight excluding hydrogens is 262 g/mol. The van der Waals surface area contributed by atoms with Gasteiger partial charge in [-0.05, 0) is 43.0 Å². The summed E-state index contributed by atoms with van der Waals surface area (Å²) < 4.78 is 5.90. The summed E-state index contributed by atoms with van der Waals surface area (Å²) in [6.07, 6.45) is -0.419. The van der Waals surface area contributed by atoms with Crippen molar-refractivity contribution < 1.29 is 9.53 Å². The molecule has 2 aliphatic heterocycles. The van der Waals surface area contributed by atoms with Crippen LogP contribution in [0.4, 0.5) is 5.69 Å². The third-order valence-corrected chi connectivity index (χ3v) is 4.43. The van der Waals surface area contributed by atoms with Gasteiger partial charge in [0, 0.05) is 5.56 Å². The third-order valence-electron chi connectivity index (χ3n) is 4.43. The van der Waals surface area contributed by atoms with Gasteiger partial charge in [0.15, 0.2) is 6.10 Å². The molecule has 0 aliphatic carbocycles. The van der Waals surface area contributed by atoms with E-state index in [1.54, 1.807) is 0 Å². The second-order valence-corrected chi connectivity index (χ2v) is 5.90. The van der Waals surface area contributed by atoms with Gasteiger partial charge in [0.25, 0.3) is 5.91 Å². The molecule has 0 bridgehead atoms. The number of benzene rings is 2. The Morgan fingerprint density at radius 1 is 1.19 bits per heavy atom. The van der Waals surface area contributed by atoms with Crippen LogP contribution in [0.5, 0.6) is 5.75 Å². The van der Waals surface area contributed by atoms with Gasteiger partial charge < -0.3 is 9.64 Å². The monoisotopic (exact) mass is 279 g/mol. The molecule has 0 N–H and O–H groups in total. The third kappa shape index (κ3) is 1.57. The molecule has 0 spiro atoms. The Balaban J connectivity index is 2.11. The molecule has 3 nitrogen and oxygen atoms in total. The maximum atomic E-state index is 12.5.